The summed E-state index contributed by atoms with van der Waals surface area (Å²) in [6, 6.07) is 3.85. The number of rotatable bonds is 4. The Bertz CT molecular complexity index is 588. The fraction of sp³-hybridized carbons (Fsp3) is 0.231. The molecule has 6 heteroatoms. The molecule has 0 aliphatic rings. The largest absolute Gasteiger partial charge is 0.306 e. The highest BCUT2D eigenvalue weighted by Gasteiger charge is 2.19. The quantitative estimate of drug-likeness (QED) is 0.739. The van der Waals surface area contributed by atoms with Crippen LogP contribution in [0.2, 0.25) is 5.02 Å². The van der Waals surface area contributed by atoms with Gasteiger partial charge in [-0.3, -0.25) is 0 Å². The minimum absolute atomic E-state index is 0.215. The lowest BCUT2D eigenvalue weighted by Gasteiger charge is -2.19. The van der Waals surface area contributed by atoms with Crippen LogP contribution in [-0.4, -0.2) is 6.54 Å². The van der Waals surface area contributed by atoms with Crippen LogP contribution in [0.4, 0.5) is 8.78 Å². The van der Waals surface area contributed by atoms with Crippen molar-refractivity contribution in [2.45, 2.75) is 13.0 Å². The van der Waals surface area contributed by atoms with Crippen LogP contribution in [0.25, 0.3) is 0 Å². The van der Waals surface area contributed by atoms with Gasteiger partial charge in [-0.15, -0.1) is 11.3 Å². The molecule has 1 atom stereocenters. The van der Waals surface area contributed by atoms with Crippen molar-refractivity contribution in [1.82, 2.24) is 5.32 Å². The molecule has 102 valence electrons. The Balaban J connectivity index is 2.47. The third-order valence-electron chi connectivity index (χ3n) is 2.68. The van der Waals surface area contributed by atoms with Crippen molar-refractivity contribution in [3.8, 4) is 0 Å². The molecule has 1 aromatic heterocycles. The Morgan fingerprint density at radius 3 is 2.58 bits per heavy atom. The third-order valence-corrected chi connectivity index (χ3v) is 4.53. The Morgan fingerprint density at radius 2 is 2.00 bits per heavy atom. The molecule has 19 heavy (non-hydrogen) atoms. The van der Waals surface area contributed by atoms with Crippen LogP contribution in [0, 0.1) is 11.6 Å². The van der Waals surface area contributed by atoms with Crippen LogP contribution < -0.4 is 5.32 Å². The Hall–Kier alpha value is -0.490. The molecule has 2 aromatic rings. The van der Waals surface area contributed by atoms with E-state index >= 15 is 0 Å². The highest BCUT2D eigenvalue weighted by molar-refractivity contribution is 9.11. The van der Waals surface area contributed by atoms with Gasteiger partial charge in [0.1, 0.15) is 0 Å². The molecule has 1 N–H and O–H groups in total. The van der Waals surface area contributed by atoms with E-state index in [2.05, 4.69) is 21.2 Å². The topological polar surface area (TPSA) is 12.0 Å². The van der Waals surface area contributed by atoms with Crippen molar-refractivity contribution in [2.75, 3.05) is 6.54 Å². The van der Waals surface area contributed by atoms with Gasteiger partial charge in [0, 0.05) is 5.02 Å². The summed E-state index contributed by atoms with van der Waals surface area (Å²) in [5, 5.41) is 5.40. The van der Waals surface area contributed by atoms with Crippen molar-refractivity contribution < 1.29 is 8.78 Å². The smallest absolute Gasteiger partial charge is 0.160 e. The zero-order valence-corrected chi connectivity index (χ0v) is 13.2. The molecule has 0 aliphatic heterocycles. The fourth-order valence-corrected chi connectivity index (χ4v) is 3.31. The lowest BCUT2D eigenvalue weighted by molar-refractivity contribution is 0.504. The van der Waals surface area contributed by atoms with Gasteiger partial charge in [-0.1, -0.05) is 18.5 Å². The maximum atomic E-state index is 13.4. The van der Waals surface area contributed by atoms with Crippen LogP contribution in [0.5, 0.6) is 0 Å². The molecule has 0 saturated carbocycles. The lowest BCUT2D eigenvalue weighted by Crippen LogP contribution is -2.22. The van der Waals surface area contributed by atoms with Gasteiger partial charge in [-0.2, -0.15) is 0 Å². The van der Waals surface area contributed by atoms with Crippen LogP contribution in [0.3, 0.4) is 0 Å². The van der Waals surface area contributed by atoms with E-state index in [0.717, 1.165) is 21.5 Å². The average molecular weight is 367 g/mol. The molecule has 0 aliphatic carbocycles. The Kier molecular flexibility index (Phi) is 4.95. The number of benzene rings is 1. The minimum atomic E-state index is -0.935. The normalized spacial score (nSPS) is 12.7. The number of nitrogens with one attached hydrogen (secondary N) is 1. The van der Waals surface area contributed by atoms with Crippen molar-refractivity contribution in [3.63, 3.8) is 0 Å². The zero-order valence-electron chi connectivity index (χ0n) is 10.0. The summed E-state index contributed by atoms with van der Waals surface area (Å²) in [5.74, 6) is -1.83. The molecule has 2 rings (SSSR count). The second-order valence-electron chi connectivity index (χ2n) is 3.96. The minimum Gasteiger partial charge on any atom is -0.306 e. The van der Waals surface area contributed by atoms with Crippen LogP contribution in [0.15, 0.2) is 27.4 Å². The molecular formula is C13H11BrClF2NS. The van der Waals surface area contributed by atoms with Crippen LogP contribution in [-0.2, 0) is 0 Å². The standard InChI is InChI=1S/C13H11BrClF2NS/c1-2-18-13(7-3-12(14)19-6-7)8-4-10(16)11(17)5-9(8)15/h3-6,13,18H,2H2,1H3. The van der Waals surface area contributed by atoms with E-state index in [4.69, 9.17) is 11.6 Å². The first-order valence-corrected chi connectivity index (χ1v) is 7.69. The predicted octanol–water partition coefficient (Wildman–Crippen LogP) is 5.14. The van der Waals surface area contributed by atoms with Crippen molar-refractivity contribution in [3.05, 3.63) is 55.1 Å². The second-order valence-corrected chi connectivity index (χ2v) is 6.66. The fourth-order valence-electron chi connectivity index (χ4n) is 1.85. The molecule has 1 unspecified atom stereocenters. The summed E-state index contributed by atoms with van der Waals surface area (Å²) in [5.41, 5.74) is 1.50. The Morgan fingerprint density at radius 1 is 1.32 bits per heavy atom. The van der Waals surface area contributed by atoms with Crippen LogP contribution in [0.1, 0.15) is 24.1 Å². The number of halogens is 4. The van der Waals surface area contributed by atoms with Crippen molar-refractivity contribution >= 4 is 38.9 Å². The molecular weight excluding hydrogens is 356 g/mol. The first-order valence-electron chi connectivity index (χ1n) is 5.64. The van der Waals surface area contributed by atoms with Gasteiger partial charge in [0.2, 0.25) is 0 Å². The molecule has 1 aromatic carbocycles. The van der Waals surface area contributed by atoms with Gasteiger partial charge in [0.25, 0.3) is 0 Å². The van der Waals surface area contributed by atoms with Gasteiger partial charge in [0.05, 0.1) is 9.83 Å². The SMILES string of the molecule is CCNC(c1csc(Br)c1)c1cc(F)c(F)cc1Cl. The molecule has 0 saturated heterocycles. The molecule has 0 bridgehead atoms. The highest BCUT2D eigenvalue weighted by atomic mass is 79.9. The van der Waals surface area contributed by atoms with E-state index in [-0.39, 0.29) is 11.1 Å². The lowest BCUT2D eigenvalue weighted by atomic mass is 10.0. The maximum Gasteiger partial charge on any atom is 0.160 e. The van der Waals surface area contributed by atoms with Crippen LogP contribution >= 0.6 is 38.9 Å². The van der Waals surface area contributed by atoms with Gasteiger partial charge in [-0.05, 0) is 57.2 Å². The first-order chi connectivity index (χ1) is 9.02. The van der Waals surface area contributed by atoms with Crippen molar-refractivity contribution in [1.29, 1.82) is 0 Å². The predicted molar refractivity (Wildman–Crippen MR) is 78.9 cm³/mol. The molecule has 0 radical (unpaired) electrons. The average Bonchev–Trinajstić information content (AvgIpc) is 2.78. The second kappa shape index (κ2) is 6.31. The monoisotopic (exact) mass is 365 g/mol. The highest BCUT2D eigenvalue weighted by Crippen LogP contribution is 2.33. The van der Waals surface area contributed by atoms with E-state index in [9.17, 15) is 8.78 Å². The van der Waals surface area contributed by atoms with E-state index < -0.39 is 11.6 Å². The molecule has 0 amide bonds. The molecule has 1 heterocycles. The van der Waals surface area contributed by atoms with E-state index in [0.29, 0.717) is 12.1 Å². The summed E-state index contributed by atoms with van der Waals surface area (Å²) in [6.45, 7) is 2.63. The van der Waals surface area contributed by atoms with Gasteiger partial charge in [-0.25, -0.2) is 8.78 Å². The zero-order chi connectivity index (χ0) is 14.0. The summed E-state index contributed by atoms with van der Waals surface area (Å²) >= 11 is 11.0. The summed E-state index contributed by atoms with van der Waals surface area (Å²) < 4.78 is 27.5. The van der Waals surface area contributed by atoms with Gasteiger partial charge in [0.15, 0.2) is 11.6 Å². The van der Waals surface area contributed by atoms with Gasteiger partial charge < -0.3 is 5.32 Å². The number of hydrogen-bond donors (Lipinski definition) is 1. The van der Waals surface area contributed by atoms with Crippen molar-refractivity contribution in [2.24, 2.45) is 0 Å². The molecule has 1 nitrogen and oxygen atoms in total. The number of thiophene rings is 1. The number of hydrogen-bond acceptors (Lipinski definition) is 2. The van der Waals surface area contributed by atoms with E-state index in [1.165, 1.54) is 11.3 Å². The van der Waals surface area contributed by atoms with E-state index in [1.54, 1.807) is 0 Å². The van der Waals surface area contributed by atoms with E-state index in [1.807, 2.05) is 18.4 Å². The molecule has 0 spiro atoms. The summed E-state index contributed by atoms with van der Waals surface area (Å²) in [4.78, 5) is 0. The molecule has 0 fully saturated rings. The maximum absolute atomic E-state index is 13.4. The summed E-state index contributed by atoms with van der Waals surface area (Å²) in [7, 11) is 0. The summed E-state index contributed by atoms with van der Waals surface area (Å²) in [6.07, 6.45) is 0. The van der Waals surface area contributed by atoms with Gasteiger partial charge >= 0.3 is 0 Å². The first kappa shape index (κ1) is 14.9. The Labute approximate surface area is 127 Å². The third kappa shape index (κ3) is 3.34.